The highest BCUT2D eigenvalue weighted by Gasteiger charge is 2.50. The Hall–Kier alpha value is 0.170. The van der Waals surface area contributed by atoms with Crippen molar-refractivity contribution < 1.29 is 4.74 Å². The van der Waals surface area contributed by atoms with E-state index in [0.717, 1.165) is 25.7 Å². The highest BCUT2D eigenvalue weighted by molar-refractivity contribution is 5.85. The fraction of sp³-hybridized carbons (Fsp3) is 1.00. The summed E-state index contributed by atoms with van der Waals surface area (Å²) >= 11 is 0. The fourth-order valence-electron chi connectivity index (χ4n) is 3.05. The summed E-state index contributed by atoms with van der Waals surface area (Å²) < 4.78 is 5.61. The van der Waals surface area contributed by atoms with Gasteiger partial charge in [0.05, 0.1) is 13.2 Å². The van der Waals surface area contributed by atoms with Gasteiger partial charge in [-0.25, -0.2) is 0 Å². The first-order valence-electron chi connectivity index (χ1n) is 6.43. The average Bonchev–Trinajstić information content (AvgIpc) is 3.04. The summed E-state index contributed by atoms with van der Waals surface area (Å²) in [6, 6.07) is 0. The molecule has 0 aromatic carbocycles. The van der Waals surface area contributed by atoms with Crippen LogP contribution in [0, 0.1) is 5.92 Å². The first kappa shape index (κ1) is 12.6. The van der Waals surface area contributed by atoms with Crippen LogP contribution >= 0.6 is 12.4 Å². The van der Waals surface area contributed by atoms with Crippen molar-refractivity contribution in [3.63, 3.8) is 0 Å². The molecule has 0 aromatic rings. The van der Waals surface area contributed by atoms with E-state index in [4.69, 9.17) is 4.74 Å². The number of rotatable bonds is 2. The maximum absolute atomic E-state index is 5.61. The van der Waals surface area contributed by atoms with Gasteiger partial charge in [0.1, 0.15) is 0 Å². The second-order valence-corrected chi connectivity index (χ2v) is 5.44. The van der Waals surface area contributed by atoms with Crippen molar-refractivity contribution in [1.29, 1.82) is 0 Å². The molecule has 1 aliphatic carbocycles. The zero-order valence-electron chi connectivity index (χ0n) is 9.91. The van der Waals surface area contributed by atoms with Crippen LogP contribution in [0.3, 0.4) is 0 Å². The van der Waals surface area contributed by atoms with Crippen molar-refractivity contribution in [3.05, 3.63) is 0 Å². The minimum atomic E-state index is 0. The molecular weight excluding hydrogens is 224 g/mol. The zero-order valence-corrected chi connectivity index (χ0v) is 10.7. The van der Waals surface area contributed by atoms with Crippen molar-refractivity contribution in [2.75, 3.05) is 39.4 Å². The summed E-state index contributed by atoms with van der Waals surface area (Å²) in [5.74, 6) is 0.884. The predicted octanol–water partition coefficient (Wildman–Crippen LogP) is 1.27. The van der Waals surface area contributed by atoms with Crippen LogP contribution in [0.2, 0.25) is 0 Å². The molecule has 0 bridgehead atoms. The Kier molecular flexibility index (Phi) is 4.11. The smallest absolute Gasteiger partial charge is 0.0651 e. The number of ether oxygens (including phenoxy) is 1. The van der Waals surface area contributed by atoms with Gasteiger partial charge < -0.3 is 10.1 Å². The summed E-state index contributed by atoms with van der Waals surface area (Å²) in [5, 5.41) is 3.51. The Bertz CT molecular complexity index is 227. The Morgan fingerprint density at radius 3 is 2.94 bits per heavy atom. The van der Waals surface area contributed by atoms with E-state index in [2.05, 4.69) is 10.2 Å². The van der Waals surface area contributed by atoms with Crippen molar-refractivity contribution in [1.82, 2.24) is 10.2 Å². The number of piperidine rings is 1. The molecule has 0 aromatic heterocycles. The summed E-state index contributed by atoms with van der Waals surface area (Å²) in [6.45, 7) is 6.86. The van der Waals surface area contributed by atoms with E-state index in [9.17, 15) is 0 Å². The third kappa shape index (κ3) is 2.53. The summed E-state index contributed by atoms with van der Waals surface area (Å²) in [7, 11) is 0. The van der Waals surface area contributed by atoms with Crippen LogP contribution in [0.15, 0.2) is 0 Å². The van der Waals surface area contributed by atoms with Gasteiger partial charge in [-0.05, 0) is 44.7 Å². The van der Waals surface area contributed by atoms with Gasteiger partial charge in [-0.15, -0.1) is 12.4 Å². The number of nitrogens with zero attached hydrogens (tertiary/aromatic N) is 1. The molecule has 2 heterocycles. The fourth-order valence-corrected chi connectivity index (χ4v) is 3.05. The average molecular weight is 247 g/mol. The summed E-state index contributed by atoms with van der Waals surface area (Å²) in [5.41, 5.74) is 0.482. The zero-order chi connectivity index (χ0) is 10.1. The maximum Gasteiger partial charge on any atom is 0.0651 e. The van der Waals surface area contributed by atoms with E-state index in [1.54, 1.807) is 0 Å². The van der Waals surface area contributed by atoms with Gasteiger partial charge in [0.15, 0.2) is 0 Å². The number of halogens is 1. The van der Waals surface area contributed by atoms with Gasteiger partial charge in [0.25, 0.3) is 0 Å². The van der Waals surface area contributed by atoms with E-state index in [1.165, 1.54) is 45.3 Å². The third-order valence-corrected chi connectivity index (χ3v) is 4.25. The van der Waals surface area contributed by atoms with Crippen LogP contribution in [-0.4, -0.2) is 49.8 Å². The van der Waals surface area contributed by atoms with Crippen molar-refractivity contribution in [3.8, 4) is 0 Å². The molecule has 3 aliphatic rings. The van der Waals surface area contributed by atoms with Gasteiger partial charge in [0, 0.05) is 18.6 Å². The van der Waals surface area contributed by atoms with Gasteiger partial charge in [-0.3, -0.25) is 4.90 Å². The number of nitrogens with one attached hydrogen (secondary N) is 1. The molecule has 4 heteroatoms. The van der Waals surface area contributed by atoms with E-state index < -0.39 is 0 Å². The normalized spacial score (nSPS) is 33.4. The third-order valence-electron chi connectivity index (χ3n) is 4.25. The molecule has 3 rings (SSSR count). The number of hydrogen-bond acceptors (Lipinski definition) is 3. The van der Waals surface area contributed by atoms with E-state index >= 15 is 0 Å². The molecule has 1 N–H and O–H groups in total. The van der Waals surface area contributed by atoms with Gasteiger partial charge in [0.2, 0.25) is 0 Å². The van der Waals surface area contributed by atoms with Crippen LogP contribution in [-0.2, 0) is 4.74 Å². The number of hydrogen-bond donors (Lipinski definition) is 1. The lowest BCUT2D eigenvalue weighted by atomic mass is 9.98. The lowest BCUT2D eigenvalue weighted by Crippen LogP contribution is -2.50. The molecule has 3 nitrogen and oxygen atoms in total. The molecule has 16 heavy (non-hydrogen) atoms. The van der Waals surface area contributed by atoms with Gasteiger partial charge in [-0.2, -0.15) is 0 Å². The Morgan fingerprint density at radius 1 is 1.38 bits per heavy atom. The molecule has 1 unspecified atom stereocenters. The second kappa shape index (κ2) is 5.21. The lowest BCUT2D eigenvalue weighted by molar-refractivity contribution is -0.0282. The Labute approximate surface area is 104 Å². The van der Waals surface area contributed by atoms with Crippen LogP contribution in [0.4, 0.5) is 0 Å². The largest absolute Gasteiger partial charge is 0.378 e. The van der Waals surface area contributed by atoms with Gasteiger partial charge in [-0.1, -0.05) is 0 Å². The predicted molar refractivity (Wildman–Crippen MR) is 67.2 cm³/mol. The number of morpholine rings is 1. The molecule has 2 aliphatic heterocycles. The van der Waals surface area contributed by atoms with Crippen LogP contribution in [0.1, 0.15) is 25.7 Å². The van der Waals surface area contributed by atoms with Crippen molar-refractivity contribution in [2.24, 2.45) is 5.92 Å². The molecule has 0 radical (unpaired) electrons. The molecule has 1 spiro atoms. The van der Waals surface area contributed by atoms with E-state index in [1.807, 2.05) is 0 Å². The molecule has 2 saturated heterocycles. The van der Waals surface area contributed by atoms with E-state index in [0.29, 0.717) is 5.54 Å². The molecular formula is C12H23ClN2O. The molecule has 1 atom stereocenters. The van der Waals surface area contributed by atoms with E-state index in [-0.39, 0.29) is 12.4 Å². The minimum absolute atomic E-state index is 0. The first-order valence-corrected chi connectivity index (χ1v) is 6.43. The van der Waals surface area contributed by atoms with Gasteiger partial charge >= 0.3 is 0 Å². The quantitative estimate of drug-likeness (QED) is 0.794. The maximum atomic E-state index is 5.61. The topological polar surface area (TPSA) is 24.5 Å². The monoisotopic (exact) mass is 246 g/mol. The van der Waals surface area contributed by atoms with Crippen LogP contribution < -0.4 is 5.32 Å². The minimum Gasteiger partial charge on any atom is -0.378 e. The van der Waals surface area contributed by atoms with Crippen LogP contribution in [0.5, 0.6) is 0 Å². The molecule has 3 fully saturated rings. The SMILES string of the molecule is C1CNCC(CN2CCOCC23CC3)C1.Cl. The van der Waals surface area contributed by atoms with Crippen molar-refractivity contribution in [2.45, 2.75) is 31.2 Å². The highest BCUT2D eigenvalue weighted by Crippen LogP contribution is 2.43. The summed E-state index contributed by atoms with van der Waals surface area (Å²) in [6.07, 6.45) is 5.52. The first-order chi connectivity index (χ1) is 7.39. The Morgan fingerprint density at radius 2 is 2.25 bits per heavy atom. The molecule has 1 saturated carbocycles. The Balaban J connectivity index is 0.000000963. The van der Waals surface area contributed by atoms with Crippen molar-refractivity contribution >= 4 is 12.4 Å². The molecule has 0 amide bonds. The molecule has 94 valence electrons. The lowest BCUT2D eigenvalue weighted by Gasteiger charge is -2.39. The van der Waals surface area contributed by atoms with Crippen LogP contribution in [0.25, 0.3) is 0 Å². The highest BCUT2D eigenvalue weighted by atomic mass is 35.5. The summed E-state index contributed by atoms with van der Waals surface area (Å²) in [4.78, 5) is 2.72. The second-order valence-electron chi connectivity index (χ2n) is 5.44. The standard InChI is InChI=1S/C12H22N2O.ClH/c1-2-11(8-13-5-1)9-14-6-7-15-10-12(14)3-4-12;/h11,13H,1-10H2;1H.